The van der Waals surface area contributed by atoms with Crippen molar-refractivity contribution in [3.8, 4) is 0 Å². The van der Waals surface area contributed by atoms with Gasteiger partial charge in [0, 0.05) is 6.54 Å². The quantitative estimate of drug-likeness (QED) is 0.370. The lowest BCUT2D eigenvalue weighted by Crippen LogP contribution is -2.34. The first-order valence-corrected chi connectivity index (χ1v) is 9.38. The van der Waals surface area contributed by atoms with E-state index in [1.807, 2.05) is 26.2 Å². The molecule has 3 nitrogen and oxygen atoms in total. The van der Waals surface area contributed by atoms with E-state index in [1.54, 1.807) is 11.0 Å². The van der Waals surface area contributed by atoms with Gasteiger partial charge in [0.1, 0.15) is 7.28 Å². The summed E-state index contributed by atoms with van der Waals surface area (Å²) in [5.41, 5.74) is 2.39. The molecule has 1 heterocycles. The van der Waals surface area contributed by atoms with Crippen LogP contribution in [0.25, 0.3) is 0 Å². The fourth-order valence-electron chi connectivity index (χ4n) is 3.35. The van der Waals surface area contributed by atoms with Crippen LogP contribution in [-0.4, -0.2) is 25.5 Å². The summed E-state index contributed by atoms with van der Waals surface area (Å²) in [6.07, 6.45) is 8.82. The first-order valence-electron chi connectivity index (χ1n) is 9.38. The minimum absolute atomic E-state index is 0.362. The number of anilines is 1. The molecule has 4 heteroatoms. The van der Waals surface area contributed by atoms with E-state index >= 15 is 0 Å². The Kier molecular flexibility index (Phi) is 7.07. The van der Waals surface area contributed by atoms with E-state index in [0.717, 1.165) is 17.6 Å². The zero-order valence-electron chi connectivity index (χ0n) is 15.3. The predicted molar refractivity (Wildman–Crippen MR) is 102 cm³/mol. The Balaban J connectivity index is 1.90. The van der Waals surface area contributed by atoms with E-state index in [2.05, 4.69) is 13.8 Å². The number of carbonyl (C=O) groups is 2. The number of unbranched alkanes of at least 4 members (excludes halogenated alkanes) is 5. The van der Waals surface area contributed by atoms with Crippen LogP contribution in [0.2, 0.25) is 6.82 Å². The molecule has 24 heavy (non-hydrogen) atoms. The van der Waals surface area contributed by atoms with Gasteiger partial charge in [-0.05, 0) is 24.5 Å². The van der Waals surface area contributed by atoms with Gasteiger partial charge in [-0.2, -0.15) is 0 Å². The SMILES string of the molecule is C[B]c1ccc2c(c1)N(CC(C)CCCCCCCC)C(=O)C2=O. The van der Waals surface area contributed by atoms with Crippen LogP contribution in [0.4, 0.5) is 5.69 Å². The van der Waals surface area contributed by atoms with Crippen LogP contribution < -0.4 is 10.4 Å². The molecular formula is C20H29BNO2. The van der Waals surface area contributed by atoms with Crippen molar-refractivity contribution < 1.29 is 9.59 Å². The van der Waals surface area contributed by atoms with E-state index in [1.165, 1.54) is 38.5 Å². The highest BCUT2D eigenvalue weighted by molar-refractivity contribution is 6.55. The average Bonchev–Trinajstić information content (AvgIpc) is 2.82. The summed E-state index contributed by atoms with van der Waals surface area (Å²) in [7, 11) is 1.99. The monoisotopic (exact) mass is 326 g/mol. The number of fused-ring (bicyclic) bond motifs is 1. The molecule has 0 N–H and O–H groups in total. The highest BCUT2D eigenvalue weighted by atomic mass is 16.2. The number of amides is 1. The molecule has 1 aliphatic rings. The van der Waals surface area contributed by atoms with Crippen molar-refractivity contribution in [3.63, 3.8) is 0 Å². The van der Waals surface area contributed by atoms with Crippen LogP contribution >= 0.6 is 0 Å². The summed E-state index contributed by atoms with van der Waals surface area (Å²) in [6.45, 7) is 7.01. The summed E-state index contributed by atoms with van der Waals surface area (Å²) in [5, 5.41) is 0. The van der Waals surface area contributed by atoms with Gasteiger partial charge in [-0.25, -0.2) is 0 Å². The third kappa shape index (κ3) is 4.49. The normalized spacial score (nSPS) is 14.9. The number of hydrogen-bond acceptors (Lipinski definition) is 2. The first-order chi connectivity index (χ1) is 11.6. The molecule has 1 aromatic carbocycles. The van der Waals surface area contributed by atoms with Gasteiger partial charge >= 0.3 is 0 Å². The lowest BCUT2D eigenvalue weighted by molar-refractivity contribution is -0.114. The zero-order valence-corrected chi connectivity index (χ0v) is 15.3. The fourth-order valence-corrected chi connectivity index (χ4v) is 3.35. The van der Waals surface area contributed by atoms with Crippen LogP contribution in [0.3, 0.4) is 0 Å². The molecule has 1 unspecified atom stereocenters. The summed E-state index contributed by atoms with van der Waals surface area (Å²) < 4.78 is 0. The van der Waals surface area contributed by atoms with Crippen molar-refractivity contribution >= 4 is 30.1 Å². The van der Waals surface area contributed by atoms with Gasteiger partial charge in [-0.3, -0.25) is 9.59 Å². The predicted octanol–water partition coefficient (Wildman–Crippen LogP) is 3.98. The average molecular weight is 326 g/mol. The van der Waals surface area contributed by atoms with Crippen LogP contribution in [0.1, 0.15) is 69.2 Å². The van der Waals surface area contributed by atoms with Crippen LogP contribution in [0, 0.1) is 5.92 Å². The van der Waals surface area contributed by atoms with E-state index in [4.69, 9.17) is 0 Å². The second-order valence-corrected chi connectivity index (χ2v) is 6.97. The minimum atomic E-state index is -0.368. The van der Waals surface area contributed by atoms with Crippen molar-refractivity contribution in [1.29, 1.82) is 0 Å². The van der Waals surface area contributed by atoms with E-state index in [9.17, 15) is 9.59 Å². The van der Waals surface area contributed by atoms with Crippen molar-refractivity contribution in [2.24, 2.45) is 5.92 Å². The third-order valence-corrected chi connectivity index (χ3v) is 4.87. The standard InChI is InChI=1S/C20H29BNO2/c1-4-5-6-7-8-9-10-15(2)14-22-18-13-16(21-3)11-12-17(18)19(23)20(22)24/h11-13,15H,4-10,14H2,1-3H3. The minimum Gasteiger partial charge on any atom is -0.305 e. The molecule has 0 fully saturated rings. The van der Waals surface area contributed by atoms with Gasteiger partial charge in [0.25, 0.3) is 11.7 Å². The number of benzene rings is 1. The Labute approximate surface area is 147 Å². The molecule has 1 radical (unpaired) electrons. The van der Waals surface area contributed by atoms with Gasteiger partial charge in [-0.1, -0.05) is 70.7 Å². The molecule has 0 aliphatic carbocycles. The second-order valence-electron chi connectivity index (χ2n) is 6.97. The highest BCUT2D eigenvalue weighted by Gasteiger charge is 2.36. The summed E-state index contributed by atoms with van der Waals surface area (Å²) in [6, 6.07) is 5.63. The Morgan fingerprint density at radius 3 is 2.50 bits per heavy atom. The summed E-state index contributed by atoms with van der Waals surface area (Å²) in [4.78, 5) is 26.1. The maximum absolute atomic E-state index is 12.3. The number of ketones is 1. The van der Waals surface area contributed by atoms with Crippen LogP contribution in [0.5, 0.6) is 0 Å². The van der Waals surface area contributed by atoms with Crippen molar-refractivity contribution in [3.05, 3.63) is 23.8 Å². The molecule has 129 valence electrons. The second kappa shape index (κ2) is 9.05. The lowest BCUT2D eigenvalue weighted by Gasteiger charge is -2.21. The number of rotatable bonds is 10. The summed E-state index contributed by atoms with van der Waals surface area (Å²) in [5.74, 6) is -0.319. The Hall–Kier alpha value is -1.58. The molecule has 1 aromatic rings. The molecule has 2 rings (SSSR count). The zero-order chi connectivity index (χ0) is 17.5. The molecule has 0 aromatic heterocycles. The van der Waals surface area contributed by atoms with Crippen molar-refractivity contribution in [1.82, 2.24) is 0 Å². The number of carbonyl (C=O) groups excluding carboxylic acids is 2. The topological polar surface area (TPSA) is 37.4 Å². The maximum atomic E-state index is 12.3. The Bertz CT molecular complexity index is 585. The van der Waals surface area contributed by atoms with E-state index in [0.29, 0.717) is 18.0 Å². The number of Topliss-reactive ketones (excluding diaryl/α,β-unsaturated/α-hetero) is 1. The molecule has 0 bridgehead atoms. The van der Waals surface area contributed by atoms with Gasteiger partial charge in [0.15, 0.2) is 0 Å². The van der Waals surface area contributed by atoms with Gasteiger partial charge in [0.05, 0.1) is 11.3 Å². The van der Waals surface area contributed by atoms with Gasteiger partial charge in [0.2, 0.25) is 0 Å². The Morgan fingerprint density at radius 1 is 1.08 bits per heavy atom. The maximum Gasteiger partial charge on any atom is 0.299 e. The lowest BCUT2D eigenvalue weighted by atomic mass is 9.73. The largest absolute Gasteiger partial charge is 0.305 e. The molecule has 0 spiro atoms. The smallest absolute Gasteiger partial charge is 0.299 e. The third-order valence-electron chi connectivity index (χ3n) is 4.87. The molecule has 0 saturated heterocycles. The van der Waals surface area contributed by atoms with Crippen molar-refractivity contribution in [2.75, 3.05) is 11.4 Å². The molecule has 1 aliphatic heterocycles. The molecule has 1 amide bonds. The molecule has 0 saturated carbocycles. The Morgan fingerprint density at radius 2 is 1.79 bits per heavy atom. The highest BCUT2D eigenvalue weighted by Crippen LogP contribution is 2.29. The van der Waals surface area contributed by atoms with Gasteiger partial charge in [-0.15, -0.1) is 0 Å². The van der Waals surface area contributed by atoms with Crippen LogP contribution in [-0.2, 0) is 4.79 Å². The van der Waals surface area contributed by atoms with Gasteiger partial charge < -0.3 is 4.90 Å². The van der Waals surface area contributed by atoms with Crippen molar-refractivity contribution in [2.45, 2.75) is 65.6 Å². The molecule has 1 atom stereocenters. The first kappa shape index (κ1) is 18.8. The molecular weight excluding hydrogens is 297 g/mol. The summed E-state index contributed by atoms with van der Waals surface area (Å²) >= 11 is 0. The van der Waals surface area contributed by atoms with E-state index in [-0.39, 0.29) is 11.7 Å². The fraction of sp³-hybridized carbons (Fsp3) is 0.600. The van der Waals surface area contributed by atoms with Crippen LogP contribution in [0.15, 0.2) is 18.2 Å². The van der Waals surface area contributed by atoms with E-state index < -0.39 is 0 Å². The number of hydrogen-bond donors (Lipinski definition) is 0. The number of nitrogens with zero attached hydrogens (tertiary/aromatic N) is 1.